The van der Waals surface area contributed by atoms with Crippen LogP contribution in [0.4, 0.5) is 0 Å². The van der Waals surface area contributed by atoms with E-state index in [-0.39, 0.29) is 18.4 Å². The number of nitrogens with zero attached hydrogens (tertiary/aromatic N) is 3. The molecular formula is C25H27N3O5. The van der Waals surface area contributed by atoms with E-state index in [2.05, 4.69) is 17.0 Å². The van der Waals surface area contributed by atoms with Gasteiger partial charge in [-0.15, -0.1) is 0 Å². The minimum Gasteiger partial charge on any atom is -0.497 e. The molecule has 0 amide bonds. The van der Waals surface area contributed by atoms with Crippen molar-refractivity contribution in [1.29, 1.82) is 0 Å². The first-order chi connectivity index (χ1) is 16.1. The average molecular weight is 450 g/mol. The van der Waals surface area contributed by atoms with Crippen LogP contribution in [0.2, 0.25) is 0 Å². The van der Waals surface area contributed by atoms with Crippen molar-refractivity contribution in [3.8, 4) is 28.8 Å². The molecule has 0 radical (unpaired) electrons. The molecule has 172 valence electrons. The summed E-state index contributed by atoms with van der Waals surface area (Å²) < 4.78 is 19.2. The fourth-order valence-corrected chi connectivity index (χ4v) is 5.48. The highest BCUT2D eigenvalue weighted by Crippen LogP contribution is 2.40. The molecule has 2 unspecified atom stereocenters. The Hall–Kier alpha value is -3.39. The van der Waals surface area contributed by atoms with Crippen LogP contribution in [0, 0.1) is 5.92 Å². The van der Waals surface area contributed by atoms with Gasteiger partial charge in [0, 0.05) is 25.2 Å². The molecule has 0 saturated carbocycles. The molecule has 1 saturated heterocycles. The molecule has 0 bridgehead atoms. The molecule has 6 rings (SSSR count). The van der Waals surface area contributed by atoms with Crippen LogP contribution in [0.15, 0.2) is 47.4 Å². The Morgan fingerprint density at radius 3 is 2.88 bits per heavy atom. The number of imidazole rings is 1. The Bertz CT molecular complexity index is 1260. The predicted octanol–water partition coefficient (Wildman–Crippen LogP) is 3.09. The molecule has 1 aromatic heterocycles. The van der Waals surface area contributed by atoms with Crippen LogP contribution in [-0.4, -0.2) is 46.1 Å². The molecule has 1 fully saturated rings. The van der Waals surface area contributed by atoms with Crippen molar-refractivity contribution < 1.29 is 19.3 Å². The molecule has 3 aliphatic heterocycles. The number of ether oxygens (including phenoxy) is 3. The van der Waals surface area contributed by atoms with Crippen molar-refractivity contribution >= 4 is 0 Å². The van der Waals surface area contributed by atoms with Gasteiger partial charge in [0.15, 0.2) is 11.5 Å². The van der Waals surface area contributed by atoms with Gasteiger partial charge < -0.3 is 19.3 Å². The van der Waals surface area contributed by atoms with Crippen LogP contribution in [0.25, 0.3) is 5.69 Å². The van der Waals surface area contributed by atoms with Crippen molar-refractivity contribution in [2.45, 2.75) is 31.8 Å². The molecule has 3 aromatic rings. The summed E-state index contributed by atoms with van der Waals surface area (Å²) >= 11 is 0. The van der Waals surface area contributed by atoms with E-state index in [0.717, 1.165) is 38.1 Å². The topological polar surface area (TPSA) is 78.1 Å². The molecule has 2 aromatic carbocycles. The molecule has 1 N–H and O–H groups in total. The fraction of sp³-hybridized carbons (Fsp3) is 0.400. The summed E-state index contributed by atoms with van der Waals surface area (Å²) in [4.78, 5) is 15.7. The SMILES string of the molecule is COc1ccc2c(c1)CCN1CCC(Cn3c(O)cn(-c4ccc5c(c4)OCO5)c3=O)CC21. The molecule has 3 aliphatic rings. The van der Waals surface area contributed by atoms with Gasteiger partial charge in [-0.1, -0.05) is 6.07 Å². The third kappa shape index (κ3) is 3.45. The molecule has 2 atom stereocenters. The number of fused-ring (bicyclic) bond motifs is 4. The Labute approximate surface area is 191 Å². The minimum absolute atomic E-state index is 0.0196. The second kappa shape index (κ2) is 7.88. The minimum atomic E-state index is -0.248. The third-order valence-electron chi connectivity index (χ3n) is 7.23. The first-order valence-electron chi connectivity index (χ1n) is 11.4. The highest BCUT2D eigenvalue weighted by atomic mass is 16.7. The lowest BCUT2D eigenvalue weighted by atomic mass is 9.82. The zero-order valence-corrected chi connectivity index (χ0v) is 18.6. The number of benzene rings is 2. The number of aromatic nitrogens is 2. The van der Waals surface area contributed by atoms with Gasteiger partial charge in [-0.3, -0.25) is 14.0 Å². The molecule has 0 aliphatic carbocycles. The lowest BCUT2D eigenvalue weighted by Crippen LogP contribution is -2.42. The summed E-state index contributed by atoms with van der Waals surface area (Å²) in [5, 5.41) is 10.6. The quantitative estimate of drug-likeness (QED) is 0.660. The summed E-state index contributed by atoms with van der Waals surface area (Å²) in [6, 6.07) is 12.1. The van der Waals surface area contributed by atoms with Gasteiger partial charge in [0.1, 0.15) is 5.75 Å². The van der Waals surface area contributed by atoms with Crippen LogP contribution >= 0.6 is 0 Å². The van der Waals surface area contributed by atoms with E-state index in [0.29, 0.717) is 35.7 Å². The Morgan fingerprint density at radius 2 is 2.00 bits per heavy atom. The fourth-order valence-electron chi connectivity index (χ4n) is 5.48. The van der Waals surface area contributed by atoms with Crippen molar-refractivity contribution in [3.63, 3.8) is 0 Å². The predicted molar refractivity (Wildman–Crippen MR) is 122 cm³/mol. The monoisotopic (exact) mass is 449 g/mol. The van der Waals surface area contributed by atoms with Crippen LogP contribution in [0.3, 0.4) is 0 Å². The van der Waals surface area contributed by atoms with E-state index < -0.39 is 0 Å². The largest absolute Gasteiger partial charge is 0.497 e. The molecule has 8 nitrogen and oxygen atoms in total. The van der Waals surface area contributed by atoms with Gasteiger partial charge in [-0.25, -0.2) is 4.79 Å². The molecule has 33 heavy (non-hydrogen) atoms. The smallest absolute Gasteiger partial charge is 0.335 e. The van der Waals surface area contributed by atoms with Gasteiger partial charge in [-0.2, -0.15) is 0 Å². The van der Waals surface area contributed by atoms with E-state index in [4.69, 9.17) is 14.2 Å². The molecule has 0 spiro atoms. The third-order valence-corrected chi connectivity index (χ3v) is 7.23. The standard InChI is InChI=1S/C25H27N3O5/c1-31-19-3-4-20-17(11-19)7-9-26-8-6-16(10-21(20)26)13-28-24(29)14-27(25(28)30)18-2-5-22-23(12-18)33-15-32-22/h2-5,11-12,14,16,21,29H,6-10,13,15H2,1H3. The first-order valence-corrected chi connectivity index (χ1v) is 11.4. The lowest BCUT2D eigenvalue weighted by molar-refractivity contribution is 0.0946. The maximum absolute atomic E-state index is 13.2. The second-order valence-corrected chi connectivity index (χ2v) is 9.04. The van der Waals surface area contributed by atoms with Gasteiger partial charge >= 0.3 is 5.69 Å². The van der Waals surface area contributed by atoms with E-state index in [1.807, 2.05) is 6.07 Å². The van der Waals surface area contributed by atoms with Gasteiger partial charge in [0.05, 0.1) is 19.0 Å². The molecule has 8 heteroatoms. The number of piperidine rings is 1. The Morgan fingerprint density at radius 1 is 1.12 bits per heavy atom. The summed E-state index contributed by atoms with van der Waals surface area (Å²) in [5.41, 5.74) is 3.11. The van der Waals surface area contributed by atoms with Crippen molar-refractivity contribution in [3.05, 3.63) is 64.2 Å². The van der Waals surface area contributed by atoms with Gasteiger partial charge in [0.25, 0.3) is 0 Å². The van der Waals surface area contributed by atoms with Crippen LogP contribution in [-0.2, 0) is 13.0 Å². The van der Waals surface area contributed by atoms with E-state index in [1.165, 1.54) is 26.5 Å². The summed E-state index contributed by atoms with van der Waals surface area (Å²) in [7, 11) is 1.70. The number of rotatable bonds is 4. The van der Waals surface area contributed by atoms with Crippen molar-refractivity contribution in [1.82, 2.24) is 14.0 Å². The first kappa shape index (κ1) is 20.2. The highest BCUT2D eigenvalue weighted by Gasteiger charge is 2.34. The van der Waals surface area contributed by atoms with Crippen LogP contribution < -0.4 is 19.9 Å². The normalized spacial score (nSPS) is 21.5. The molecular weight excluding hydrogens is 422 g/mol. The maximum Gasteiger partial charge on any atom is 0.335 e. The van der Waals surface area contributed by atoms with E-state index in [9.17, 15) is 9.90 Å². The number of hydrogen-bond donors (Lipinski definition) is 1. The number of methoxy groups -OCH3 is 1. The number of hydrogen-bond acceptors (Lipinski definition) is 6. The van der Waals surface area contributed by atoms with E-state index in [1.54, 1.807) is 25.3 Å². The lowest BCUT2D eigenvalue weighted by Gasteiger charge is -2.43. The maximum atomic E-state index is 13.2. The summed E-state index contributed by atoms with van der Waals surface area (Å²) in [5.74, 6) is 2.44. The van der Waals surface area contributed by atoms with Crippen molar-refractivity contribution in [2.24, 2.45) is 5.92 Å². The Balaban J connectivity index is 1.24. The zero-order chi connectivity index (χ0) is 22.5. The summed E-state index contributed by atoms with van der Waals surface area (Å²) in [6.45, 7) is 2.72. The Kier molecular flexibility index (Phi) is 4.83. The highest BCUT2D eigenvalue weighted by molar-refractivity contribution is 5.50. The molecule has 4 heterocycles. The number of aromatic hydroxyl groups is 1. The summed E-state index contributed by atoms with van der Waals surface area (Å²) in [6.07, 6.45) is 4.48. The van der Waals surface area contributed by atoms with E-state index >= 15 is 0 Å². The average Bonchev–Trinajstić information content (AvgIpc) is 3.42. The van der Waals surface area contributed by atoms with Gasteiger partial charge in [0.2, 0.25) is 12.7 Å². The van der Waals surface area contributed by atoms with Gasteiger partial charge in [-0.05, 0) is 67.1 Å². The van der Waals surface area contributed by atoms with Crippen molar-refractivity contribution in [2.75, 3.05) is 27.0 Å². The zero-order valence-electron chi connectivity index (χ0n) is 18.6. The second-order valence-electron chi connectivity index (χ2n) is 9.04. The van der Waals surface area contributed by atoms with Crippen LogP contribution in [0.1, 0.15) is 30.0 Å². The van der Waals surface area contributed by atoms with Crippen LogP contribution in [0.5, 0.6) is 23.1 Å².